The van der Waals surface area contributed by atoms with E-state index in [9.17, 15) is 0 Å². The van der Waals surface area contributed by atoms with Gasteiger partial charge in [-0.3, -0.25) is 0 Å². The number of hydrogen-bond acceptors (Lipinski definition) is 4. The Bertz CT molecular complexity index is 530. The van der Waals surface area contributed by atoms with E-state index in [-0.39, 0.29) is 0 Å². The molecule has 4 nitrogen and oxygen atoms in total. The maximum atomic E-state index is 5.59. The van der Waals surface area contributed by atoms with Crippen LogP contribution in [0.2, 0.25) is 0 Å². The average Bonchev–Trinajstić information content (AvgIpc) is 3.04. The largest absolute Gasteiger partial charge is 0.441 e. The summed E-state index contributed by atoms with van der Waals surface area (Å²) in [4.78, 5) is 4.43. The molecule has 0 amide bonds. The maximum Gasteiger partial charge on any atom is 0.195 e. The van der Waals surface area contributed by atoms with Crippen LogP contribution in [0.15, 0.2) is 22.6 Å². The first-order valence-corrected chi connectivity index (χ1v) is 6.60. The molecule has 0 spiro atoms. The molecular formula is C14H18N2O2. The van der Waals surface area contributed by atoms with Crippen molar-refractivity contribution < 1.29 is 9.15 Å². The lowest BCUT2D eigenvalue weighted by molar-refractivity contribution is 0.120. The van der Waals surface area contributed by atoms with E-state index in [0.717, 1.165) is 48.7 Å². The summed E-state index contributed by atoms with van der Waals surface area (Å²) < 4.78 is 11.2. The fraction of sp³-hybridized carbons (Fsp3) is 0.500. The summed E-state index contributed by atoms with van der Waals surface area (Å²) in [5, 5.41) is 3.40. The van der Waals surface area contributed by atoms with Crippen LogP contribution in [0.3, 0.4) is 0 Å². The van der Waals surface area contributed by atoms with E-state index in [1.54, 1.807) is 0 Å². The van der Waals surface area contributed by atoms with Gasteiger partial charge in [-0.05, 0) is 31.0 Å². The first-order valence-electron chi connectivity index (χ1n) is 6.60. The van der Waals surface area contributed by atoms with Crippen LogP contribution in [0.25, 0.3) is 11.1 Å². The topological polar surface area (TPSA) is 47.3 Å². The number of benzene rings is 1. The number of aryl methyl sites for hydroxylation is 1. The third-order valence-corrected chi connectivity index (χ3v) is 3.29. The summed E-state index contributed by atoms with van der Waals surface area (Å²) in [6, 6.07) is 6.04. The summed E-state index contributed by atoms with van der Waals surface area (Å²) in [6.07, 6.45) is 3.50. The molecule has 0 bridgehead atoms. The van der Waals surface area contributed by atoms with E-state index in [1.807, 2.05) is 25.1 Å². The maximum absolute atomic E-state index is 5.59. The van der Waals surface area contributed by atoms with Crippen LogP contribution in [-0.2, 0) is 11.2 Å². The molecule has 1 aromatic carbocycles. The van der Waals surface area contributed by atoms with E-state index in [1.165, 1.54) is 6.42 Å². The number of oxazole rings is 1. The van der Waals surface area contributed by atoms with Crippen LogP contribution in [-0.4, -0.2) is 24.2 Å². The second kappa shape index (κ2) is 4.98. The molecule has 1 aromatic heterocycles. The first kappa shape index (κ1) is 11.5. The molecule has 1 N–H and O–H groups in total. The Morgan fingerprint density at radius 3 is 3.17 bits per heavy atom. The van der Waals surface area contributed by atoms with Gasteiger partial charge in [0.2, 0.25) is 0 Å². The third kappa shape index (κ3) is 2.34. The molecule has 2 aromatic rings. The van der Waals surface area contributed by atoms with Gasteiger partial charge in [0.15, 0.2) is 11.5 Å². The summed E-state index contributed by atoms with van der Waals surface area (Å²) in [6.45, 7) is 3.81. The monoisotopic (exact) mass is 246 g/mol. The summed E-state index contributed by atoms with van der Waals surface area (Å²) in [7, 11) is 0. The second-order valence-corrected chi connectivity index (χ2v) is 4.66. The number of hydrogen-bond donors (Lipinski definition) is 1. The molecule has 1 unspecified atom stereocenters. The van der Waals surface area contributed by atoms with Gasteiger partial charge in [0.25, 0.3) is 0 Å². The van der Waals surface area contributed by atoms with Crippen molar-refractivity contribution in [3.8, 4) is 0 Å². The Kier molecular flexibility index (Phi) is 3.19. The summed E-state index contributed by atoms with van der Waals surface area (Å²) in [5.74, 6) is 0.793. The molecule has 1 atom stereocenters. The quantitative estimate of drug-likeness (QED) is 0.901. The van der Waals surface area contributed by atoms with Crippen molar-refractivity contribution in [2.45, 2.75) is 32.3 Å². The van der Waals surface area contributed by atoms with Crippen LogP contribution in [0, 0.1) is 0 Å². The predicted octanol–water partition coefficient (Wildman–Crippen LogP) is 2.98. The minimum atomic E-state index is 0.351. The zero-order valence-corrected chi connectivity index (χ0v) is 10.6. The number of nitrogens with zero attached hydrogens (tertiary/aromatic N) is 1. The van der Waals surface area contributed by atoms with Crippen molar-refractivity contribution in [3.63, 3.8) is 0 Å². The molecular weight excluding hydrogens is 228 g/mol. The normalized spacial score (nSPS) is 19.5. The minimum Gasteiger partial charge on any atom is -0.441 e. The highest BCUT2D eigenvalue weighted by Gasteiger charge is 2.15. The van der Waals surface area contributed by atoms with Crippen LogP contribution < -0.4 is 5.32 Å². The van der Waals surface area contributed by atoms with Crippen LogP contribution in [0.5, 0.6) is 0 Å². The smallest absolute Gasteiger partial charge is 0.195 e. The van der Waals surface area contributed by atoms with Crippen LogP contribution in [0.4, 0.5) is 5.69 Å². The van der Waals surface area contributed by atoms with Gasteiger partial charge in [-0.1, -0.05) is 6.92 Å². The average molecular weight is 246 g/mol. The lowest BCUT2D eigenvalue weighted by Gasteiger charge is -2.11. The molecule has 18 heavy (non-hydrogen) atoms. The predicted molar refractivity (Wildman–Crippen MR) is 70.9 cm³/mol. The van der Waals surface area contributed by atoms with Crippen molar-refractivity contribution in [3.05, 3.63) is 24.1 Å². The molecule has 3 rings (SSSR count). The van der Waals surface area contributed by atoms with Gasteiger partial charge in [-0.15, -0.1) is 0 Å². The van der Waals surface area contributed by atoms with Crippen molar-refractivity contribution in [2.24, 2.45) is 0 Å². The zero-order valence-electron chi connectivity index (χ0n) is 10.6. The molecule has 0 radical (unpaired) electrons. The third-order valence-electron chi connectivity index (χ3n) is 3.29. The molecule has 96 valence electrons. The van der Waals surface area contributed by atoms with Crippen LogP contribution in [0.1, 0.15) is 25.7 Å². The summed E-state index contributed by atoms with van der Waals surface area (Å²) in [5.41, 5.74) is 2.85. The highest BCUT2D eigenvalue weighted by molar-refractivity contribution is 5.77. The minimum absolute atomic E-state index is 0.351. The van der Waals surface area contributed by atoms with Crippen molar-refractivity contribution in [1.82, 2.24) is 4.98 Å². The molecule has 1 saturated heterocycles. The van der Waals surface area contributed by atoms with Gasteiger partial charge in [0.1, 0.15) is 5.52 Å². The number of rotatable bonds is 4. The van der Waals surface area contributed by atoms with E-state index < -0.39 is 0 Å². The Hall–Kier alpha value is -1.55. The lowest BCUT2D eigenvalue weighted by atomic mass is 10.2. The van der Waals surface area contributed by atoms with Crippen LogP contribution >= 0.6 is 0 Å². The number of nitrogens with one attached hydrogen (secondary N) is 1. The fourth-order valence-corrected chi connectivity index (χ4v) is 2.27. The standard InChI is InChI=1S/C14H18N2O2/c1-2-14-16-12-8-10(5-6-13(12)18-14)15-9-11-4-3-7-17-11/h5-6,8,11,15H,2-4,7,9H2,1H3. The van der Waals surface area contributed by atoms with Gasteiger partial charge in [-0.2, -0.15) is 0 Å². The van der Waals surface area contributed by atoms with Gasteiger partial charge < -0.3 is 14.5 Å². The molecule has 2 heterocycles. The highest BCUT2D eigenvalue weighted by atomic mass is 16.5. The lowest BCUT2D eigenvalue weighted by Crippen LogP contribution is -2.18. The van der Waals surface area contributed by atoms with E-state index >= 15 is 0 Å². The second-order valence-electron chi connectivity index (χ2n) is 4.66. The molecule has 1 aliphatic rings. The van der Waals surface area contributed by atoms with Gasteiger partial charge >= 0.3 is 0 Å². The highest BCUT2D eigenvalue weighted by Crippen LogP contribution is 2.21. The Balaban J connectivity index is 1.71. The number of ether oxygens (including phenoxy) is 1. The molecule has 0 saturated carbocycles. The van der Waals surface area contributed by atoms with E-state index in [2.05, 4.69) is 10.3 Å². The summed E-state index contributed by atoms with van der Waals surface area (Å²) >= 11 is 0. The first-order chi connectivity index (χ1) is 8.85. The zero-order chi connectivity index (χ0) is 12.4. The molecule has 1 aliphatic heterocycles. The van der Waals surface area contributed by atoms with E-state index in [0.29, 0.717) is 6.10 Å². The van der Waals surface area contributed by atoms with Gasteiger partial charge in [0, 0.05) is 25.3 Å². The Morgan fingerprint density at radius 1 is 1.44 bits per heavy atom. The molecule has 1 fully saturated rings. The molecule has 0 aliphatic carbocycles. The van der Waals surface area contributed by atoms with Crippen molar-refractivity contribution in [1.29, 1.82) is 0 Å². The van der Waals surface area contributed by atoms with Gasteiger partial charge in [0.05, 0.1) is 6.10 Å². The van der Waals surface area contributed by atoms with Gasteiger partial charge in [-0.25, -0.2) is 4.98 Å². The number of anilines is 1. The molecule has 4 heteroatoms. The SMILES string of the molecule is CCc1nc2cc(NCC3CCCO3)ccc2o1. The number of aromatic nitrogens is 1. The van der Waals surface area contributed by atoms with E-state index in [4.69, 9.17) is 9.15 Å². The fourth-order valence-electron chi connectivity index (χ4n) is 2.27. The number of fused-ring (bicyclic) bond motifs is 1. The van der Waals surface area contributed by atoms with Crippen molar-refractivity contribution in [2.75, 3.05) is 18.5 Å². The Labute approximate surface area is 106 Å². The van der Waals surface area contributed by atoms with Crippen molar-refractivity contribution >= 4 is 16.8 Å². The Morgan fingerprint density at radius 2 is 2.39 bits per heavy atom.